The first kappa shape index (κ1) is 20.9. The van der Waals surface area contributed by atoms with Crippen molar-refractivity contribution in [1.82, 2.24) is 19.9 Å². The summed E-state index contributed by atoms with van der Waals surface area (Å²) in [5, 5.41) is 12.3. The number of nitrogens with zero attached hydrogens (tertiary/aromatic N) is 3. The normalized spacial score (nSPS) is 13.9. The van der Waals surface area contributed by atoms with Gasteiger partial charge in [-0.1, -0.05) is 25.0 Å². The van der Waals surface area contributed by atoms with Crippen LogP contribution in [-0.2, 0) is 6.54 Å². The molecule has 2 heterocycles. The SMILES string of the molecule is O=C(O)c1ccc2c(c1)nc(-c1ccc(C(=O)NCc3ccncc3)cc1)n2C1CCCC1. The molecule has 0 radical (unpaired) electrons. The number of fused-ring (bicyclic) bond motifs is 1. The van der Waals surface area contributed by atoms with Gasteiger partial charge in [0.25, 0.3) is 5.91 Å². The average Bonchev–Trinajstić information content (AvgIpc) is 3.50. The Morgan fingerprint density at radius 3 is 2.36 bits per heavy atom. The van der Waals surface area contributed by atoms with E-state index >= 15 is 0 Å². The monoisotopic (exact) mass is 440 g/mol. The van der Waals surface area contributed by atoms with Gasteiger partial charge in [0, 0.05) is 36.1 Å². The Hall–Kier alpha value is -4.00. The first-order valence-electron chi connectivity index (χ1n) is 11.1. The predicted octanol–water partition coefficient (Wildman–Crippen LogP) is 4.84. The highest BCUT2D eigenvalue weighted by atomic mass is 16.4. The zero-order chi connectivity index (χ0) is 22.8. The van der Waals surface area contributed by atoms with Gasteiger partial charge in [-0.15, -0.1) is 0 Å². The molecule has 2 aromatic heterocycles. The van der Waals surface area contributed by atoms with Crippen LogP contribution in [0.5, 0.6) is 0 Å². The summed E-state index contributed by atoms with van der Waals surface area (Å²) in [4.78, 5) is 32.8. The van der Waals surface area contributed by atoms with Crippen molar-refractivity contribution in [2.45, 2.75) is 38.3 Å². The Morgan fingerprint density at radius 1 is 0.970 bits per heavy atom. The van der Waals surface area contributed by atoms with Crippen LogP contribution < -0.4 is 5.32 Å². The minimum atomic E-state index is -0.962. The molecule has 1 fully saturated rings. The molecule has 0 saturated heterocycles. The van der Waals surface area contributed by atoms with Gasteiger partial charge in [0.05, 0.1) is 16.6 Å². The summed E-state index contributed by atoms with van der Waals surface area (Å²) in [5.41, 5.74) is 4.31. The topological polar surface area (TPSA) is 97.1 Å². The summed E-state index contributed by atoms with van der Waals surface area (Å²) in [6, 6.07) is 16.6. The van der Waals surface area contributed by atoms with Crippen LogP contribution in [0, 0.1) is 0 Å². The molecule has 0 bridgehead atoms. The van der Waals surface area contributed by atoms with Crippen molar-refractivity contribution in [3.05, 3.63) is 83.7 Å². The zero-order valence-electron chi connectivity index (χ0n) is 18.1. The van der Waals surface area contributed by atoms with Crippen molar-refractivity contribution >= 4 is 22.9 Å². The third-order valence-corrected chi connectivity index (χ3v) is 6.23. The molecule has 0 atom stereocenters. The lowest BCUT2D eigenvalue weighted by Crippen LogP contribution is -2.22. The molecule has 7 nitrogen and oxygen atoms in total. The highest BCUT2D eigenvalue weighted by Crippen LogP contribution is 2.37. The van der Waals surface area contributed by atoms with E-state index in [2.05, 4.69) is 14.9 Å². The van der Waals surface area contributed by atoms with E-state index in [1.54, 1.807) is 36.7 Å². The quantitative estimate of drug-likeness (QED) is 0.447. The fourth-order valence-electron chi connectivity index (χ4n) is 4.52. The number of rotatable bonds is 6. The molecule has 33 heavy (non-hydrogen) atoms. The Bertz CT molecular complexity index is 1310. The lowest BCUT2D eigenvalue weighted by Gasteiger charge is -2.16. The van der Waals surface area contributed by atoms with E-state index in [9.17, 15) is 14.7 Å². The Balaban J connectivity index is 1.45. The molecule has 1 aliphatic rings. The minimum absolute atomic E-state index is 0.145. The van der Waals surface area contributed by atoms with E-state index in [1.165, 1.54) is 12.8 Å². The Kier molecular flexibility index (Phi) is 5.60. The molecule has 0 unspecified atom stereocenters. The van der Waals surface area contributed by atoms with Gasteiger partial charge in [-0.2, -0.15) is 0 Å². The number of nitrogens with one attached hydrogen (secondary N) is 1. The van der Waals surface area contributed by atoms with Crippen molar-refractivity contribution < 1.29 is 14.7 Å². The lowest BCUT2D eigenvalue weighted by molar-refractivity contribution is 0.0696. The highest BCUT2D eigenvalue weighted by molar-refractivity contribution is 5.95. The van der Waals surface area contributed by atoms with Crippen molar-refractivity contribution in [3.8, 4) is 11.4 Å². The van der Waals surface area contributed by atoms with Crippen LogP contribution in [0.3, 0.4) is 0 Å². The van der Waals surface area contributed by atoms with E-state index in [-0.39, 0.29) is 11.5 Å². The highest BCUT2D eigenvalue weighted by Gasteiger charge is 2.24. The lowest BCUT2D eigenvalue weighted by atomic mass is 10.1. The van der Waals surface area contributed by atoms with Crippen LogP contribution in [0.25, 0.3) is 22.4 Å². The van der Waals surface area contributed by atoms with Gasteiger partial charge < -0.3 is 15.0 Å². The second kappa shape index (κ2) is 8.86. The number of pyridine rings is 1. The number of aromatic carboxylic acids is 1. The maximum Gasteiger partial charge on any atom is 0.335 e. The van der Waals surface area contributed by atoms with E-state index < -0.39 is 5.97 Å². The van der Waals surface area contributed by atoms with Gasteiger partial charge in [-0.3, -0.25) is 9.78 Å². The molecule has 5 rings (SSSR count). The third-order valence-electron chi connectivity index (χ3n) is 6.23. The van der Waals surface area contributed by atoms with E-state index in [1.807, 2.05) is 30.3 Å². The standard InChI is InChI=1S/C26H24N4O3/c31-25(28-16-17-11-13-27-14-12-17)19-7-5-18(6-8-19)24-29-22-15-20(26(32)33)9-10-23(22)30(24)21-3-1-2-4-21/h5-15,21H,1-4,16H2,(H,28,31)(H,32,33). The summed E-state index contributed by atoms with van der Waals surface area (Å²) in [6.45, 7) is 0.437. The second-order valence-electron chi connectivity index (χ2n) is 8.37. The molecular weight excluding hydrogens is 416 g/mol. The largest absolute Gasteiger partial charge is 0.478 e. The Labute approximate surface area is 191 Å². The van der Waals surface area contributed by atoms with Gasteiger partial charge in [-0.25, -0.2) is 9.78 Å². The zero-order valence-corrected chi connectivity index (χ0v) is 18.1. The van der Waals surface area contributed by atoms with Crippen molar-refractivity contribution in [2.75, 3.05) is 0 Å². The van der Waals surface area contributed by atoms with Crippen molar-refractivity contribution in [1.29, 1.82) is 0 Å². The number of amides is 1. The van der Waals surface area contributed by atoms with Crippen LogP contribution >= 0.6 is 0 Å². The number of imidazole rings is 1. The molecule has 0 spiro atoms. The molecular formula is C26H24N4O3. The number of carboxylic acid groups (broad SMARTS) is 1. The smallest absolute Gasteiger partial charge is 0.335 e. The number of carbonyl (C=O) groups is 2. The summed E-state index contributed by atoms with van der Waals surface area (Å²) >= 11 is 0. The fraction of sp³-hybridized carbons (Fsp3) is 0.231. The van der Waals surface area contributed by atoms with Crippen molar-refractivity contribution in [2.24, 2.45) is 0 Å². The van der Waals surface area contributed by atoms with E-state index in [0.717, 1.165) is 35.3 Å². The summed E-state index contributed by atoms with van der Waals surface area (Å²) in [6.07, 6.45) is 7.91. The second-order valence-corrected chi connectivity index (χ2v) is 8.37. The van der Waals surface area contributed by atoms with Crippen LogP contribution in [0.2, 0.25) is 0 Å². The number of aromatic nitrogens is 3. The number of benzene rings is 2. The molecule has 2 aromatic carbocycles. The fourth-order valence-corrected chi connectivity index (χ4v) is 4.52. The molecule has 7 heteroatoms. The third kappa shape index (κ3) is 4.22. The predicted molar refractivity (Wildman–Crippen MR) is 125 cm³/mol. The maximum atomic E-state index is 12.6. The average molecular weight is 441 g/mol. The first-order chi connectivity index (χ1) is 16.1. The number of carbonyl (C=O) groups excluding carboxylic acids is 1. The molecule has 166 valence electrons. The number of hydrogen-bond donors (Lipinski definition) is 2. The molecule has 1 aliphatic carbocycles. The van der Waals surface area contributed by atoms with E-state index in [4.69, 9.17) is 4.98 Å². The maximum absolute atomic E-state index is 12.6. The van der Waals surface area contributed by atoms with E-state index in [0.29, 0.717) is 23.7 Å². The minimum Gasteiger partial charge on any atom is -0.478 e. The number of hydrogen-bond acceptors (Lipinski definition) is 4. The van der Waals surface area contributed by atoms with Crippen LogP contribution in [-0.4, -0.2) is 31.5 Å². The van der Waals surface area contributed by atoms with Gasteiger partial charge in [0.15, 0.2) is 0 Å². The molecule has 0 aliphatic heterocycles. The van der Waals surface area contributed by atoms with Crippen molar-refractivity contribution in [3.63, 3.8) is 0 Å². The summed E-state index contributed by atoms with van der Waals surface area (Å²) in [7, 11) is 0. The van der Waals surface area contributed by atoms with Gasteiger partial charge >= 0.3 is 5.97 Å². The molecule has 1 saturated carbocycles. The first-order valence-corrected chi connectivity index (χ1v) is 11.1. The summed E-state index contributed by atoms with van der Waals surface area (Å²) in [5.74, 6) is -0.298. The molecule has 2 N–H and O–H groups in total. The summed E-state index contributed by atoms with van der Waals surface area (Å²) < 4.78 is 2.24. The van der Waals surface area contributed by atoms with Crippen LogP contribution in [0.1, 0.15) is 58.0 Å². The van der Waals surface area contributed by atoms with Crippen LogP contribution in [0.15, 0.2) is 67.0 Å². The number of carboxylic acids is 1. The Morgan fingerprint density at radius 2 is 1.67 bits per heavy atom. The molecule has 1 amide bonds. The van der Waals surface area contributed by atoms with Gasteiger partial charge in [0.2, 0.25) is 0 Å². The molecule has 4 aromatic rings. The van der Waals surface area contributed by atoms with Crippen LogP contribution in [0.4, 0.5) is 0 Å². The van der Waals surface area contributed by atoms with Gasteiger partial charge in [0.1, 0.15) is 5.82 Å². The van der Waals surface area contributed by atoms with Gasteiger partial charge in [-0.05, 0) is 60.9 Å².